The molecule has 0 fully saturated rings. The smallest absolute Gasteiger partial charge is 0.257 e. The van der Waals surface area contributed by atoms with Crippen LogP contribution in [0.3, 0.4) is 0 Å². The zero-order valence-electron chi connectivity index (χ0n) is 11.5. The van der Waals surface area contributed by atoms with E-state index in [2.05, 4.69) is 15.4 Å². The summed E-state index contributed by atoms with van der Waals surface area (Å²) >= 11 is 1.37. The number of carbonyl (C=O) groups excluding carboxylic acids is 2. The van der Waals surface area contributed by atoms with Crippen molar-refractivity contribution in [3.63, 3.8) is 0 Å². The normalized spacial score (nSPS) is 10.4. The van der Waals surface area contributed by atoms with E-state index in [-0.39, 0.29) is 5.91 Å². The van der Waals surface area contributed by atoms with Crippen molar-refractivity contribution in [1.82, 2.24) is 14.8 Å². The molecule has 1 N–H and O–H groups in total. The molecule has 0 aliphatic heterocycles. The van der Waals surface area contributed by atoms with Crippen molar-refractivity contribution in [3.8, 4) is 0 Å². The number of hydrogen-bond donors (Lipinski definition) is 1. The first-order valence-electron chi connectivity index (χ1n) is 6.52. The van der Waals surface area contributed by atoms with Gasteiger partial charge in [0.15, 0.2) is 11.4 Å². The highest BCUT2D eigenvalue weighted by molar-refractivity contribution is 7.13. The molecule has 1 aromatic carbocycles. The average molecular weight is 312 g/mol. The lowest BCUT2D eigenvalue weighted by molar-refractivity contribution is 0.102. The van der Waals surface area contributed by atoms with Gasteiger partial charge in [-0.3, -0.25) is 19.6 Å². The molecule has 0 unspecified atom stereocenters. The van der Waals surface area contributed by atoms with Gasteiger partial charge in [-0.25, -0.2) is 4.98 Å². The summed E-state index contributed by atoms with van der Waals surface area (Å²) in [5.74, 6) is -0.203. The Labute approximate surface area is 130 Å². The first-order chi connectivity index (χ1) is 10.7. The number of nitrogens with one attached hydrogen (secondary N) is 1. The number of benzene rings is 1. The first kappa shape index (κ1) is 14.2. The fraction of sp³-hybridized carbons (Fsp3) is 0.0667. The summed E-state index contributed by atoms with van der Waals surface area (Å²) in [7, 11) is 0. The first-order valence-corrected chi connectivity index (χ1v) is 7.40. The number of anilines is 1. The van der Waals surface area contributed by atoms with Gasteiger partial charge < -0.3 is 0 Å². The summed E-state index contributed by atoms with van der Waals surface area (Å²) in [6.07, 6.45) is 5.56. The number of hydrogen-bond acceptors (Lipinski definition) is 5. The molecular formula is C15H12N4O2S. The quantitative estimate of drug-likeness (QED) is 0.734. The number of nitrogens with zero attached hydrogens (tertiary/aromatic N) is 3. The molecule has 7 heteroatoms. The minimum atomic E-state index is -0.203. The van der Waals surface area contributed by atoms with E-state index in [0.717, 1.165) is 11.8 Å². The fourth-order valence-electron chi connectivity index (χ4n) is 1.98. The van der Waals surface area contributed by atoms with Crippen LogP contribution >= 0.6 is 11.3 Å². The van der Waals surface area contributed by atoms with E-state index in [0.29, 0.717) is 22.8 Å². The number of amides is 1. The van der Waals surface area contributed by atoms with Crippen molar-refractivity contribution in [1.29, 1.82) is 0 Å². The molecule has 110 valence electrons. The van der Waals surface area contributed by atoms with Gasteiger partial charge in [-0.05, 0) is 17.7 Å². The van der Waals surface area contributed by atoms with Gasteiger partial charge in [0.05, 0.1) is 18.3 Å². The second-order valence-electron chi connectivity index (χ2n) is 4.58. The summed E-state index contributed by atoms with van der Waals surface area (Å²) in [6, 6.07) is 7.26. The SMILES string of the molecule is O=Cc1cnn(Cc2cccc(C(=O)Nc3nccs3)c2)c1. The van der Waals surface area contributed by atoms with E-state index in [4.69, 9.17) is 0 Å². The van der Waals surface area contributed by atoms with Crippen LogP contribution in [-0.2, 0) is 6.54 Å². The largest absolute Gasteiger partial charge is 0.298 e. The third-order valence-corrected chi connectivity index (χ3v) is 3.66. The Morgan fingerprint density at radius 1 is 1.41 bits per heavy atom. The van der Waals surface area contributed by atoms with E-state index in [9.17, 15) is 9.59 Å². The van der Waals surface area contributed by atoms with Crippen LogP contribution in [0.4, 0.5) is 5.13 Å². The van der Waals surface area contributed by atoms with Crippen LogP contribution in [0.25, 0.3) is 0 Å². The molecule has 0 bridgehead atoms. The summed E-state index contributed by atoms with van der Waals surface area (Å²) in [6.45, 7) is 0.492. The predicted molar refractivity (Wildman–Crippen MR) is 83.2 cm³/mol. The van der Waals surface area contributed by atoms with Gasteiger partial charge in [-0.15, -0.1) is 11.3 Å². The number of carbonyl (C=O) groups is 2. The van der Waals surface area contributed by atoms with Crippen LogP contribution in [0.15, 0.2) is 48.2 Å². The van der Waals surface area contributed by atoms with E-state index in [1.54, 1.807) is 34.6 Å². The lowest BCUT2D eigenvalue weighted by Crippen LogP contribution is -2.12. The van der Waals surface area contributed by atoms with E-state index >= 15 is 0 Å². The number of thiazole rings is 1. The van der Waals surface area contributed by atoms with Gasteiger partial charge in [-0.1, -0.05) is 12.1 Å². The van der Waals surface area contributed by atoms with E-state index in [1.807, 2.05) is 12.1 Å². The van der Waals surface area contributed by atoms with Gasteiger partial charge in [0.2, 0.25) is 0 Å². The van der Waals surface area contributed by atoms with Crippen molar-refractivity contribution in [2.24, 2.45) is 0 Å². The topological polar surface area (TPSA) is 76.9 Å². The maximum absolute atomic E-state index is 12.2. The summed E-state index contributed by atoms with van der Waals surface area (Å²) in [4.78, 5) is 26.8. The molecule has 22 heavy (non-hydrogen) atoms. The van der Waals surface area contributed by atoms with Crippen molar-refractivity contribution in [2.45, 2.75) is 6.54 Å². The van der Waals surface area contributed by atoms with Crippen LogP contribution in [0, 0.1) is 0 Å². The Morgan fingerprint density at radius 3 is 3.05 bits per heavy atom. The maximum Gasteiger partial charge on any atom is 0.257 e. The third-order valence-electron chi connectivity index (χ3n) is 2.98. The average Bonchev–Trinajstić information content (AvgIpc) is 3.19. The Morgan fingerprint density at radius 2 is 2.32 bits per heavy atom. The monoisotopic (exact) mass is 312 g/mol. The van der Waals surface area contributed by atoms with Crippen molar-refractivity contribution >= 4 is 28.7 Å². The molecule has 3 aromatic rings. The zero-order valence-corrected chi connectivity index (χ0v) is 12.3. The third kappa shape index (κ3) is 3.26. The Balaban J connectivity index is 1.74. The van der Waals surface area contributed by atoms with Crippen LogP contribution in [0.1, 0.15) is 26.3 Å². The minimum Gasteiger partial charge on any atom is -0.298 e. The molecule has 1 amide bonds. The molecule has 0 saturated heterocycles. The van der Waals surface area contributed by atoms with Crippen molar-refractivity contribution < 1.29 is 9.59 Å². The zero-order chi connectivity index (χ0) is 15.4. The van der Waals surface area contributed by atoms with Crippen molar-refractivity contribution in [3.05, 3.63) is 64.9 Å². The maximum atomic E-state index is 12.2. The highest BCUT2D eigenvalue weighted by Crippen LogP contribution is 2.13. The van der Waals surface area contributed by atoms with Crippen LogP contribution in [-0.4, -0.2) is 27.0 Å². The van der Waals surface area contributed by atoms with E-state index in [1.165, 1.54) is 17.5 Å². The molecule has 2 heterocycles. The Kier molecular flexibility index (Phi) is 4.06. The van der Waals surface area contributed by atoms with Gasteiger partial charge in [0.25, 0.3) is 5.91 Å². The molecule has 6 nitrogen and oxygen atoms in total. The number of rotatable bonds is 5. The Hall–Kier alpha value is -2.80. The Bertz CT molecular complexity index is 795. The molecule has 0 radical (unpaired) electrons. The molecule has 2 aromatic heterocycles. The van der Waals surface area contributed by atoms with Crippen LogP contribution in [0.5, 0.6) is 0 Å². The number of aldehydes is 1. The lowest BCUT2D eigenvalue weighted by Gasteiger charge is -2.05. The second kappa shape index (κ2) is 6.31. The summed E-state index contributed by atoms with van der Waals surface area (Å²) < 4.78 is 1.65. The predicted octanol–water partition coefficient (Wildman–Crippen LogP) is 2.45. The van der Waals surface area contributed by atoms with Crippen LogP contribution < -0.4 is 5.32 Å². The molecule has 3 rings (SSSR count). The molecule has 0 atom stereocenters. The minimum absolute atomic E-state index is 0.203. The molecular weight excluding hydrogens is 300 g/mol. The highest BCUT2D eigenvalue weighted by atomic mass is 32.1. The summed E-state index contributed by atoms with van der Waals surface area (Å²) in [5, 5.41) is 9.20. The second-order valence-corrected chi connectivity index (χ2v) is 5.48. The fourth-order valence-corrected chi connectivity index (χ4v) is 2.50. The standard InChI is InChI=1S/C15H12N4O2S/c20-10-12-7-17-19(9-12)8-11-2-1-3-13(6-11)14(21)18-15-16-4-5-22-15/h1-7,9-10H,8H2,(H,16,18,21). The van der Waals surface area contributed by atoms with Gasteiger partial charge in [0, 0.05) is 23.3 Å². The highest BCUT2D eigenvalue weighted by Gasteiger charge is 2.08. The van der Waals surface area contributed by atoms with Gasteiger partial charge in [-0.2, -0.15) is 5.10 Å². The van der Waals surface area contributed by atoms with E-state index < -0.39 is 0 Å². The van der Waals surface area contributed by atoms with Crippen LogP contribution in [0.2, 0.25) is 0 Å². The summed E-state index contributed by atoms with van der Waals surface area (Å²) in [5.41, 5.74) is 2.00. The van der Waals surface area contributed by atoms with Gasteiger partial charge >= 0.3 is 0 Å². The van der Waals surface area contributed by atoms with Gasteiger partial charge in [0.1, 0.15) is 0 Å². The lowest BCUT2D eigenvalue weighted by atomic mass is 10.1. The molecule has 0 spiro atoms. The molecule has 0 saturated carbocycles. The number of aromatic nitrogens is 3. The molecule has 0 aliphatic rings. The molecule has 0 aliphatic carbocycles. The van der Waals surface area contributed by atoms with Crippen molar-refractivity contribution in [2.75, 3.05) is 5.32 Å².